The Balaban J connectivity index is 2.55. The molecule has 0 aliphatic heterocycles. The van der Waals surface area contributed by atoms with E-state index < -0.39 is 10.0 Å². The summed E-state index contributed by atoms with van der Waals surface area (Å²) in [5.41, 5.74) is 1.08. The molecule has 0 aromatic heterocycles. The van der Waals surface area contributed by atoms with Gasteiger partial charge in [0.05, 0.1) is 17.3 Å². The molecule has 21 heavy (non-hydrogen) atoms. The van der Waals surface area contributed by atoms with Crippen LogP contribution in [-0.4, -0.2) is 20.1 Å². The van der Waals surface area contributed by atoms with Crippen molar-refractivity contribution in [2.45, 2.75) is 18.4 Å². The number of anilines is 1. The van der Waals surface area contributed by atoms with Crippen molar-refractivity contribution in [1.29, 1.82) is 0 Å². The lowest BCUT2D eigenvalue weighted by Gasteiger charge is -2.23. The van der Waals surface area contributed by atoms with E-state index in [-0.39, 0.29) is 23.1 Å². The van der Waals surface area contributed by atoms with Crippen LogP contribution >= 0.6 is 11.6 Å². The molecule has 0 aliphatic rings. The van der Waals surface area contributed by atoms with Crippen LogP contribution in [-0.2, 0) is 16.6 Å². The van der Waals surface area contributed by atoms with Crippen molar-refractivity contribution in [2.75, 3.05) is 10.8 Å². The molecule has 0 aliphatic carbocycles. The number of sulfonamides is 1. The topological polar surface area (TPSA) is 57.6 Å². The van der Waals surface area contributed by atoms with Crippen LogP contribution in [0.25, 0.3) is 0 Å². The number of rotatable bonds is 5. The second-order valence-corrected chi connectivity index (χ2v) is 6.67. The molecule has 1 N–H and O–H groups in total. The lowest BCUT2D eigenvalue weighted by atomic mass is 10.2. The zero-order chi connectivity index (χ0) is 15.5. The van der Waals surface area contributed by atoms with Crippen molar-refractivity contribution in [1.82, 2.24) is 0 Å². The number of nitrogens with zero attached hydrogens (tertiary/aromatic N) is 1. The van der Waals surface area contributed by atoms with E-state index in [4.69, 9.17) is 11.6 Å². The summed E-state index contributed by atoms with van der Waals surface area (Å²) in [6.07, 6.45) is 0. The van der Waals surface area contributed by atoms with Gasteiger partial charge in [-0.05, 0) is 36.8 Å². The highest BCUT2D eigenvalue weighted by Crippen LogP contribution is 2.29. The van der Waals surface area contributed by atoms with Gasteiger partial charge in [0.15, 0.2) is 0 Å². The zero-order valence-corrected chi connectivity index (χ0v) is 13.1. The Morgan fingerprint density at radius 1 is 1.14 bits per heavy atom. The Morgan fingerprint density at radius 3 is 2.38 bits per heavy atom. The van der Waals surface area contributed by atoms with Crippen LogP contribution < -0.4 is 4.31 Å². The zero-order valence-electron chi connectivity index (χ0n) is 11.5. The van der Waals surface area contributed by atoms with Crippen LogP contribution in [0.2, 0.25) is 5.02 Å². The number of hydrogen-bond acceptors (Lipinski definition) is 3. The lowest BCUT2D eigenvalue weighted by molar-refractivity contribution is 0.281. The van der Waals surface area contributed by atoms with Gasteiger partial charge in [-0.25, -0.2) is 8.42 Å². The standard InChI is InChI=1S/C15H16ClNO3S/c1-2-17(13-6-4-3-5-7-13)21(19,20)15-10-12(11-18)8-9-14(15)16/h3-10,18H,2,11H2,1H3. The molecule has 0 saturated heterocycles. The summed E-state index contributed by atoms with van der Waals surface area (Å²) in [6, 6.07) is 13.3. The fourth-order valence-corrected chi connectivity index (χ4v) is 4.05. The van der Waals surface area contributed by atoms with E-state index in [9.17, 15) is 13.5 Å². The average Bonchev–Trinajstić information content (AvgIpc) is 2.49. The van der Waals surface area contributed by atoms with Gasteiger partial charge in [-0.1, -0.05) is 35.9 Å². The van der Waals surface area contributed by atoms with Crippen LogP contribution in [0.15, 0.2) is 53.4 Å². The van der Waals surface area contributed by atoms with E-state index in [1.807, 2.05) is 6.07 Å². The Morgan fingerprint density at radius 2 is 1.81 bits per heavy atom. The first kappa shape index (κ1) is 15.8. The van der Waals surface area contributed by atoms with Crippen LogP contribution in [0.4, 0.5) is 5.69 Å². The molecule has 2 aromatic carbocycles. The van der Waals surface area contributed by atoms with Gasteiger partial charge in [0.25, 0.3) is 10.0 Å². The molecule has 0 spiro atoms. The van der Waals surface area contributed by atoms with Crippen LogP contribution in [0.5, 0.6) is 0 Å². The summed E-state index contributed by atoms with van der Waals surface area (Å²) < 4.78 is 26.9. The maximum Gasteiger partial charge on any atom is 0.265 e. The van der Waals surface area contributed by atoms with Crippen LogP contribution in [0.1, 0.15) is 12.5 Å². The maximum absolute atomic E-state index is 12.8. The third-order valence-corrected chi connectivity index (χ3v) is 5.46. The van der Waals surface area contributed by atoms with Gasteiger partial charge in [0.2, 0.25) is 0 Å². The van der Waals surface area contributed by atoms with E-state index in [1.165, 1.54) is 16.4 Å². The second-order valence-electron chi connectivity index (χ2n) is 4.43. The summed E-state index contributed by atoms with van der Waals surface area (Å²) in [5, 5.41) is 9.32. The molecule has 4 nitrogen and oxygen atoms in total. The van der Waals surface area contributed by atoms with Gasteiger partial charge in [0.1, 0.15) is 4.90 Å². The summed E-state index contributed by atoms with van der Waals surface area (Å²) in [5.74, 6) is 0. The third-order valence-electron chi connectivity index (χ3n) is 3.08. The summed E-state index contributed by atoms with van der Waals surface area (Å²) in [7, 11) is -3.78. The van der Waals surface area contributed by atoms with E-state index in [0.717, 1.165) is 0 Å². The first-order valence-electron chi connectivity index (χ1n) is 6.47. The Labute approximate surface area is 129 Å². The van der Waals surface area contributed by atoms with Gasteiger partial charge in [-0.2, -0.15) is 0 Å². The monoisotopic (exact) mass is 325 g/mol. The van der Waals surface area contributed by atoms with Gasteiger partial charge in [0, 0.05) is 6.54 Å². The van der Waals surface area contributed by atoms with E-state index in [1.54, 1.807) is 37.3 Å². The molecule has 2 rings (SSSR count). The molecule has 112 valence electrons. The fraction of sp³-hybridized carbons (Fsp3) is 0.200. The smallest absolute Gasteiger partial charge is 0.265 e. The largest absolute Gasteiger partial charge is 0.392 e. The molecule has 0 atom stereocenters. The van der Waals surface area contributed by atoms with Gasteiger partial charge >= 0.3 is 0 Å². The highest BCUT2D eigenvalue weighted by Gasteiger charge is 2.26. The highest BCUT2D eigenvalue weighted by atomic mass is 35.5. The van der Waals surface area contributed by atoms with Gasteiger partial charge in [-0.15, -0.1) is 0 Å². The van der Waals surface area contributed by atoms with Crippen LogP contribution in [0.3, 0.4) is 0 Å². The quantitative estimate of drug-likeness (QED) is 0.919. The molecule has 0 bridgehead atoms. The Kier molecular flexibility index (Phi) is 4.88. The highest BCUT2D eigenvalue weighted by molar-refractivity contribution is 7.93. The molecule has 0 fully saturated rings. The summed E-state index contributed by atoms with van der Waals surface area (Å²) in [6.45, 7) is 1.80. The molecular formula is C15H16ClNO3S. The minimum Gasteiger partial charge on any atom is -0.392 e. The summed E-state index contributed by atoms with van der Waals surface area (Å²) in [4.78, 5) is 0.00131. The number of benzene rings is 2. The van der Waals surface area contributed by atoms with E-state index in [0.29, 0.717) is 11.3 Å². The number of halogens is 1. The number of aliphatic hydroxyl groups is 1. The Hall–Kier alpha value is -1.56. The molecule has 0 unspecified atom stereocenters. The van der Waals surface area contributed by atoms with Crippen molar-refractivity contribution in [3.63, 3.8) is 0 Å². The third kappa shape index (κ3) is 3.20. The van der Waals surface area contributed by atoms with Crippen LogP contribution in [0, 0.1) is 0 Å². The first-order valence-corrected chi connectivity index (χ1v) is 8.29. The maximum atomic E-state index is 12.8. The first-order chi connectivity index (χ1) is 10.0. The van der Waals surface area contributed by atoms with Crippen molar-refractivity contribution in [3.8, 4) is 0 Å². The number of hydrogen-bond donors (Lipinski definition) is 1. The predicted octanol–water partition coefficient (Wildman–Crippen LogP) is 3.05. The SMILES string of the molecule is CCN(c1ccccc1)S(=O)(=O)c1cc(CO)ccc1Cl. The number of para-hydroxylation sites is 1. The minimum atomic E-state index is -3.78. The van der Waals surface area contributed by atoms with Crippen molar-refractivity contribution in [2.24, 2.45) is 0 Å². The van der Waals surface area contributed by atoms with Gasteiger partial charge in [-0.3, -0.25) is 4.31 Å². The summed E-state index contributed by atoms with van der Waals surface area (Å²) >= 11 is 6.04. The molecule has 2 aromatic rings. The minimum absolute atomic E-state index is 0.00131. The average molecular weight is 326 g/mol. The lowest BCUT2D eigenvalue weighted by Crippen LogP contribution is -2.31. The molecule has 6 heteroatoms. The molecular weight excluding hydrogens is 310 g/mol. The fourth-order valence-electron chi connectivity index (χ4n) is 2.05. The molecule has 0 amide bonds. The van der Waals surface area contributed by atoms with E-state index in [2.05, 4.69) is 0 Å². The predicted molar refractivity (Wildman–Crippen MR) is 84.0 cm³/mol. The van der Waals surface area contributed by atoms with E-state index >= 15 is 0 Å². The van der Waals surface area contributed by atoms with Crippen molar-refractivity contribution >= 4 is 27.3 Å². The van der Waals surface area contributed by atoms with Crippen molar-refractivity contribution in [3.05, 3.63) is 59.1 Å². The molecule has 0 saturated carbocycles. The normalized spacial score (nSPS) is 11.4. The Bertz CT molecular complexity index is 717. The van der Waals surface area contributed by atoms with Crippen molar-refractivity contribution < 1.29 is 13.5 Å². The molecule has 0 heterocycles. The number of aliphatic hydroxyl groups excluding tert-OH is 1. The van der Waals surface area contributed by atoms with Gasteiger partial charge < -0.3 is 5.11 Å². The second kappa shape index (κ2) is 6.47. The molecule has 0 radical (unpaired) electrons.